The average Bonchev–Trinajstić information content (AvgIpc) is 2.89. The molecule has 5 nitrogen and oxygen atoms in total. The molecule has 0 bridgehead atoms. The Morgan fingerprint density at radius 1 is 1.24 bits per heavy atom. The number of nitrogen functional groups attached to an aromatic ring is 1. The summed E-state index contributed by atoms with van der Waals surface area (Å²) in [6.07, 6.45) is 0. The number of carbonyl (C=O) groups excluding carboxylic acids is 1. The smallest absolute Gasteiger partial charge is 0.257 e. The zero-order valence-corrected chi connectivity index (χ0v) is 12.2. The van der Waals surface area contributed by atoms with Crippen molar-refractivity contribution in [3.63, 3.8) is 0 Å². The number of amides is 1. The van der Waals surface area contributed by atoms with Crippen molar-refractivity contribution < 1.29 is 18.7 Å². The topological polar surface area (TPSA) is 73.6 Å². The Kier molecular flexibility index (Phi) is 3.42. The summed E-state index contributed by atoms with van der Waals surface area (Å²) in [5.74, 6) is 0.0362. The summed E-state index contributed by atoms with van der Waals surface area (Å²) in [5.41, 5.74) is 6.65. The van der Waals surface area contributed by atoms with E-state index < -0.39 is 11.7 Å². The van der Waals surface area contributed by atoms with Crippen LogP contribution in [0.4, 0.5) is 15.8 Å². The zero-order chi connectivity index (χ0) is 15.0. The molecule has 1 heterocycles. The van der Waals surface area contributed by atoms with Gasteiger partial charge >= 0.3 is 0 Å². The van der Waals surface area contributed by atoms with Crippen LogP contribution in [0.15, 0.2) is 34.8 Å². The Morgan fingerprint density at radius 3 is 2.67 bits per heavy atom. The Bertz CT molecular complexity index is 736. The molecule has 108 valence electrons. The predicted molar refractivity (Wildman–Crippen MR) is 79.0 cm³/mol. The van der Waals surface area contributed by atoms with Gasteiger partial charge in [0.1, 0.15) is 5.82 Å². The third kappa shape index (κ3) is 2.64. The normalized spacial score (nSPS) is 12.3. The number of carbonyl (C=O) groups is 1. The van der Waals surface area contributed by atoms with E-state index in [4.69, 9.17) is 15.2 Å². The Morgan fingerprint density at radius 2 is 1.95 bits per heavy atom. The van der Waals surface area contributed by atoms with Crippen molar-refractivity contribution in [3.05, 3.63) is 46.2 Å². The molecule has 0 atom stereocenters. The molecule has 0 aliphatic carbocycles. The van der Waals surface area contributed by atoms with E-state index in [1.54, 1.807) is 6.07 Å². The number of fused-ring (bicyclic) bond motifs is 1. The molecular formula is C14H10BrFN2O3. The minimum atomic E-state index is -0.466. The fraction of sp³-hybridized carbons (Fsp3) is 0.0714. The Balaban J connectivity index is 1.87. The molecule has 0 radical (unpaired) electrons. The Hall–Kier alpha value is -2.28. The monoisotopic (exact) mass is 352 g/mol. The largest absolute Gasteiger partial charge is 0.454 e. The van der Waals surface area contributed by atoms with E-state index in [2.05, 4.69) is 21.2 Å². The van der Waals surface area contributed by atoms with Crippen LogP contribution in [0.5, 0.6) is 11.5 Å². The van der Waals surface area contributed by atoms with Gasteiger partial charge in [-0.25, -0.2) is 4.39 Å². The number of anilines is 2. The molecule has 0 spiro atoms. The second-order valence-electron chi connectivity index (χ2n) is 4.38. The number of nitrogens with one attached hydrogen (secondary N) is 1. The summed E-state index contributed by atoms with van der Waals surface area (Å²) >= 11 is 3.05. The van der Waals surface area contributed by atoms with Crippen molar-refractivity contribution in [1.82, 2.24) is 0 Å². The van der Waals surface area contributed by atoms with E-state index in [1.165, 1.54) is 24.3 Å². The third-order valence-electron chi connectivity index (χ3n) is 2.97. The molecule has 1 aliphatic rings. The number of hydrogen-bond acceptors (Lipinski definition) is 4. The lowest BCUT2D eigenvalue weighted by Gasteiger charge is -2.09. The Labute approximate surface area is 128 Å². The molecule has 2 aromatic carbocycles. The maximum absolute atomic E-state index is 13.4. The minimum absolute atomic E-state index is 0.0950. The van der Waals surface area contributed by atoms with E-state index in [1.807, 2.05) is 0 Å². The van der Waals surface area contributed by atoms with E-state index in [0.29, 0.717) is 21.7 Å². The first kappa shape index (κ1) is 13.7. The van der Waals surface area contributed by atoms with Gasteiger partial charge in [-0.2, -0.15) is 0 Å². The number of rotatable bonds is 2. The molecule has 7 heteroatoms. The van der Waals surface area contributed by atoms with E-state index >= 15 is 0 Å². The molecule has 2 aromatic rings. The first-order valence-corrected chi connectivity index (χ1v) is 6.79. The van der Waals surface area contributed by atoms with Crippen LogP contribution in [0.3, 0.4) is 0 Å². The highest BCUT2D eigenvalue weighted by Gasteiger charge is 2.20. The number of ether oxygens (including phenoxy) is 2. The van der Waals surface area contributed by atoms with E-state index in [0.717, 1.165) is 0 Å². The van der Waals surface area contributed by atoms with Crippen LogP contribution in [-0.4, -0.2) is 12.7 Å². The van der Waals surface area contributed by atoms with Crippen LogP contribution in [0.2, 0.25) is 0 Å². The van der Waals surface area contributed by atoms with Gasteiger partial charge in [-0.3, -0.25) is 4.79 Å². The summed E-state index contributed by atoms with van der Waals surface area (Å²) in [6.45, 7) is 0.0950. The number of nitrogens with two attached hydrogens (primary N) is 1. The fourth-order valence-electron chi connectivity index (χ4n) is 1.93. The number of benzene rings is 2. The average molecular weight is 353 g/mol. The molecule has 0 aromatic heterocycles. The number of hydrogen-bond donors (Lipinski definition) is 2. The SMILES string of the molecule is Nc1cc2c(cc1C(=O)Nc1ccc(Br)c(F)c1)OCO2. The molecule has 0 saturated heterocycles. The molecule has 0 unspecified atom stereocenters. The van der Waals surface area contributed by atoms with Gasteiger partial charge in [-0.15, -0.1) is 0 Å². The number of halogens is 2. The molecule has 21 heavy (non-hydrogen) atoms. The predicted octanol–water partition coefficient (Wildman–Crippen LogP) is 3.15. The van der Waals surface area contributed by atoms with Crippen molar-refractivity contribution in [2.45, 2.75) is 0 Å². The van der Waals surface area contributed by atoms with Crippen LogP contribution < -0.4 is 20.5 Å². The summed E-state index contributed by atoms with van der Waals surface area (Å²) < 4.78 is 24.1. The molecule has 0 saturated carbocycles. The van der Waals surface area contributed by atoms with Crippen molar-refractivity contribution in [1.29, 1.82) is 0 Å². The van der Waals surface area contributed by atoms with Gasteiger partial charge < -0.3 is 20.5 Å². The molecule has 3 rings (SSSR count). The van der Waals surface area contributed by atoms with Crippen molar-refractivity contribution in [2.24, 2.45) is 0 Å². The zero-order valence-electron chi connectivity index (χ0n) is 10.7. The summed E-state index contributed by atoms with van der Waals surface area (Å²) in [4.78, 5) is 12.2. The third-order valence-corrected chi connectivity index (χ3v) is 3.61. The van der Waals surface area contributed by atoms with Crippen molar-refractivity contribution in [3.8, 4) is 11.5 Å². The van der Waals surface area contributed by atoms with Gasteiger partial charge in [-0.1, -0.05) is 0 Å². The molecule has 0 fully saturated rings. The van der Waals surface area contributed by atoms with Crippen LogP contribution in [-0.2, 0) is 0 Å². The first-order chi connectivity index (χ1) is 10.0. The highest BCUT2D eigenvalue weighted by atomic mass is 79.9. The summed E-state index contributed by atoms with van der Waals surface area (Å²) in [6, 6.07) is 7.33. The van der Waals surface area contributed by atoms with Crippen molar-refractivity contribution >= 4 is 33.2 Å². The van der Waals surface area contributed by atoms with Gasteiger partial charge in [0, 0.05) is 17.4 Å². The highest BCUT2D eigenvalue weighted by Crippen LogP contribution is 2.36. The standard InChI is InChI=1S/C14H10BrFN2O3/c15-9-2-1-7(3-10(9)16)18-14(19)8-4-12-13(5-11(8)17)21-6-20-12/h1-5H,6,17H2,(H,18,19). The van der Waals surface area contributed by atoms with Gasteiger partial charge in [-0.05, 0) is 40.2 Å². The van der Waals surface area contributed by atoms with Crippen molar-refractivity contribution in [2.75, 3.05) is 17.8 Å². The minimum Gasteiger partial charge on any atom is -0.454 e. The summed E-state index contributed by atoms with van der Waals surface area (Å²) in [7, 11) is 0. The maximum Gasteiger partial charge on any atom is 0.257 e. The van der Waals surface area contributed by atoms with E-state index in [-0.39, 0.29) is 18.0 Å². The van der Waals surface area contributed by atoms with Gasteiger partial charge in [0.15, 0.2) is 11.5 Å². The molecular weight excluding hydrogens is 343 g/mol. The molecule has 1 amide bonds. The van der Waals surface area contributed by atoms with Gasteiger partial charge in [0.2, 0.25) is 6.79 Å². The lowest BCUT2D eigenvalue weighted by molar-refractivity contribution is 0.102. The molecule has 1 aliphatic heterocycles. The lowest BCUT2D eigenvalue weighted by Crippen LogP contribution is -2.14. The maximum atomic E-state index is 13.4. The van der Waals surface area contributed by atoms with Crippen LogP contribution in [0.25, 0.3) is 0 Å². The van der Waals surface area contributed by atoms with Crippen LogP contribution in [0.1, 0.15) is 10.4 Å². The van der Waals surface area contributed by atoms with Gasteiger partial charge in [0.25, 0.3) is 5.91 Å². The highest BCUT2D eigenvalue weighted by molar-refractivity contribution is 9.10. The lowest BCUT2D eigenvalue weighted by atomic mass is 10.1. The fourth-order valence-corrected chi connectivity index (χ4v) is 2.17. The second kappa shape index (κ2) is 5.25. The quantitative estimate of drug-likeness (QED) is 0.814. The molecule has 3 N–H and O–H groups in total. The van der Waals surface area contributed by atoms with E-state index in [9.17, 15) is 9.18 Å². The second-order valence-corrected chi connectivity index (χ2v) is 5.23. The van der Waals surface area contributed by atoms with Crippen LogP contribution in [0, 0.1) is 5.82 Å². The van der Waals surface area contributed by atoms with Gasteiger partial charge in [0.05, 0.1) is 10.0 Å². The first-order valence-electron chi connectivity index (χ1n) is 6.00. The van der Waals surface area contributed by atoms with Crippen LogP contribution >= 0.6 is 15.9 Å². The summed E-state index contributed by atoms with van der Waals surface area (Å²) in [5, 5.41) is 2.58.